The van der Waals surface area contributed by atoms with Gasteiger partial charge in [-0.15, -0.1) is 0 Å². The largest absolute Gasteiger partial charge is 0.874 e. The molecule has 11 saturated heterocycles. The summed E-state index contributed by atoms with van der Waals surface area (Å²) < 4.78 is 135. The van der Waals surface area contributed by atoms with Crippen LogP contribution in [0, 0.1) is 11.8 Å². The van der Waals surface area contributed by atoms with E-state index in [-0.39, 0.29) is 130 Å². The molecule has 1 saturated carbocycles. The van der Waals surface area contributed by atoms with Crippen molar-refractivity contribution in [3.8, 4) is 51.7 Å². The number of hydrogen-bond acceptors (Lipinski definition) is 35. The quantitative estimate of drug-likeness (QED) is 0.115. The fourth-order valence-electron chi connectivity index (χ4n) is 22.6. The third-order valence-corrected chi connectivity index (χ3v) is 28.7. The highest BCUT2D eigenvalue weighted by Gasteiger charge is 2.65. The Bertz CT molecular complexity index is 6460. The Kier molecular flexibility index (Phi) is 19.1. The zero-order valence-electron chi connectivity index (χ0n) is 77.4. The van der Waals surface area contributed by atoms with Gasteiger partial charge in [0.1, 0.15) is 42.7 Å². The van der Waals surface area contributed by atoms with Crippen LogP contribution in [0.2, 0.25) is 0 Å². The summed E-state index contributed by atoms with van der Waals surface area (Å²) in [5.74, 6) is 3.43. The number of nitrogens with zero attached hydrogens (tertiary/aromatic N) is 6. The molecule has 5 aromatic carbocycles. The lowest BCUT2D eigenvalue weighted by Gasteiger charge is -2.26. The lowest BCUT2D eigenvalue weighted by atomic mass is 9.80. The molecule has 18 atom stereocenters. The summed E-state index contributed by atoms with van der Waals surface area (Å²) in [6, 6.07) is 26.7. The molecule has 5 aromatic rings. The first kappa shape index (κ1) is 86.1. The molecule has 12 fully saturated rings. The molecule has 0 amide bonds. The van der Waals surface area contributed by atoms with Gasteiger partial charge in [0.2, 0.25) is 39.7 Å². The van der Waals surface area contributed by atoms with Gasteiger partial charge in [-0.05, 0) is 206 Å². The number of allylic oxidation sites excluding steroid dienone is 3. The summed E-state index contributed by atoms with van der Waals surface area (Å²) in [6.07, 6.45) is 7.63. The molecule has 0 N–H and O–H groups in total. The minimum atomic E-state index is -0.749. The van der Waals surface area contributed by atoms with Gasteiger partial charge >= 0.3 is 12.2 Å². The first-order chi connectivity index (χ1) is 66.2. The van der Waals surface area contributed by atoms with Crippen molar-refractivity contribution in [1.29, 1.82) is 0 Å². The fourth-order valence-corrected chi connectivity index (χ4v) is 22.6. The normalized spacial score (nSPS) is 34.0. The minimum absolute atomic E-state index is 0.00749. The Hall–Kier alpha value is -12.3. The molecule has 716 valence electrons. The Labute approximate surface area is 789 Å². The van der Waals surface area contributed by atoms with Crippen molar-refractivity contribution in [1.82, 2.24) is 19.6 Å². The number of aliphatic imine (C=N–C) groups is 2. The second-order valence-corrected chi connectivity index (χ2v) is 40.5. The molecule has 4 unspecified atom stereocenters. The molecule has 0 spiro atoms. The lowest BCUT2D eigenvalue weighted by Crippen LogP contribution is -2.33. The van der Waals surface area contributed by atoms with Crippen LogP contribution in [0.3, 0.4) is 0 Å². The number of fused-ring (bicyclic) bond motifs is 28. The highest BCUT2D eigenvalue weighted by atomic mass is 16.8. The summed E-state index contributed by atoms with van der Waals surface area (Å²) >= 11 is 0. The van der Waals surface area contributed by atoms with Gasteiger partial charge in [-0.3, -0.25) is 34.0 Å². The molecule has 138 heavy (non-hydrogen) atoms. The van der Waals surface area contributed by atoms with E-state index in [1.54, 1.807) is 26.0 Å². The van der Waals surface area contributed by atoms with Gasteiger partial charge in [-0.1, -0.05) is 30.0 Å². The molecule has 36 nitrogen and oxygen atoms in total. The van der Waals surface area contributed by atoms with E-state index in [2.05, 4.69) is 29.6 Å². The van der Waals surface area contributed by atoms with Crippen molar-refractivity contribution in [3.05, 3.63) is 209 Å². The van der Waals surface area contributed by atoms with Crippen molar-refractivity contribution >= 4 is 57.6 Å². The third-order valence-electron chi connectivity index (χ3n) is 28.7. The predicted octanol–water partition coefficient (Wildman–Crippen LogP) is 7.86. The predicted molar refractivity (Wildman–Crippen MR) is 475 cm³/mol. The van der Waals surface area contributed by atoms with Crippen LogP contribution in [0.1, 0.15) is 141 Å². The van der Waals surface area contributed by atoms with Crippen molar-refractivity contribution in [2.24, 2.45) is 21.8 Å². The van der Waals surface area contributed by atoms with Gasteiger partial charge in [0, 0.05) is 50.3 Å². The number of Topliss-reactive ketones (excluding diaryl/α,β-unsaturated/α-hetero) is 3. The fraction of sp³-hybridized carbons (Fsp3) is 0.471. The Morgan fingerprint density at radius 2 is 0.855 bits per heavy atom. The number of carbonyl (C=O) groups excluding carboxylic acids is 5. The van der Waals surface area contributed by atoms with Crippen molar-refractivity contribution in [2.75, 3.05) is 80.0 Å². The second kappa shape index (κ2) is 30.6. The first-order valence-electron chi connectivity index (χ1n) is 46.7. The van der Waals surface area contributed by atoms with Gasteiger partial charge in [-0.25, -0.2) is 4.42 Å². The van der Waals surface area contributed by atoms with Gasteiger partial charge in [0.25, 0.3) is 0 Å². The third kappa shape index (κ3) is 14.5. The molecular formula is C102H98N6O30. The summed E-state index contributed by atoms with van der Waals surface area (Å²) in [5, 5.41) is 12.9. The van der Waals surface area contributed by atoms with Crippen LogP contribution in [-0.4, -0.2) is 248 Å². The van der Waals surface area contributed by atoms with Gasteiger partial charge in [0.05, 0.1) is 88.5 Å². The molecule has 0 bridgehead atoms. The maximum atomic E-state index is 13.0. The van der Waals surface area contributed by atoms with E-state index < -0.39 is 77.5 Å². The zero-order valence-corrected chi connectivity index (χ0v) is 77.4. The lowest BCUT2D eigenvalue weighted by molar-refractivity contribution is -0.322. The van der Waals surface area contributed by atoms with Crippen LogP contribution in [0.25, 0.3) is 17.2 Å². The molecule has 36 heteroatoms. The first-order valence-corrected chi connectivity index (χ1v) is 46.7. The van der Waals surface area contributed by atoms with Gasteiger partial charge < -0.3 is 134 Å². The smallest absolute Gasteiger partial charge is 0.412 e. The van der Waals surface area contributed by atoms with E-state index in [9.17, 15) is 29.1 Å². The number of hydrogen-bond donors (Lipinski definition) is 0. The molecule has 7 aliphatic carbocycles. The van der Waals surface area contributed by atoms with E-state index in [4.69, 9.17) is 113 Å². The van der Waals surface area contributed by atoms with E-state index in [1.165, 1.54) is 6.08 Å². The standard InChI is InChI=1S/2C17H15NO5.4C17H17NO5/c2*1-17(2)22-15-13-12(14(19)16(15)23-17)8-4-11-10(20-6-21-11)3-7(8)9-5-18(9)13;2*1-17(2)22-15-10(6-12(19)16(15)23-17)18-7-11(18)9-3-4-13-14(5-9)21-8-20-13;1-17(2)22-15-13-12(14(19)16(15)23-17)9-6-11-10(20-7-21-11)5-8(9)3-4-18-13;1-17(2)22-15-11(8-12(19)16(15)23-17)18-6-5-10-3-4-13-14(7-10)21-9-20-13/h2*3-4,9,15-16H,5-6H2,1-2H3;2*3-6,11,15-16H,7-8H2,1-2H3;3,5-6,9,12,15-16H,4,7H2,1-2H3;3-5,7-8,15-16H,6,9H2,1-2H3/b;;;;;10-5+/t2*9?,15-,16+,18?;11-,15+,16-,18?;11-,15-,16+,18?;9?,12?,15-,16+;15-,16+/m001000/s1. The molecular weight excluding hydrogens is 1790 g/mol. The highest BCUT2D eigenvalue weighted by Crippen LogP contribution is 2.62. The summed E-state index contributed by atoms with van der Waals surface area (Å²) in [6.45, 7) is 28.1. The van der Waals surface area contributed by atoms with E-state index >= 15 is 0 Å². The maximum Gasteiger partial charge on any atom is 0.412 e. The van der Waals surface area contributed by atoms with Crippen LogP contribution in [0.15, 0.2) is 175 Å². The van der Waals surface area contributed by atoms with Gasteiger partial charge in [0.15, 0.2) is 152 Å². The number of benzene rings is 5. The zero-order chi connectivity index (χ0) is 94.3. The monoisotopic (exact) mass is 1890 g/mol. The summed E-state index contributed by atoms with van der Waals surface area (Å²) in [7, 11) is 0. The Morgan fingerprint density at radius 1 is 0.413 bits per heavy atom. The second-order valence-electron chi connectivity index (χ2n) is 40.5. The van der Waals surface area contributed by atoms with E-state index in [0.29, 0.717) is 48.1 Å². The average molecular weight is 1890 g/mol. The molecule has 0 aromatic heterocycles. The van der Waals surface area contributed by atoms with Crippen molar-refractivity contribution < 1.29 is 138 Å². The Balaban J connectivity index is 0.0000000856. The number of rotatable bonds is 6. The number of ether oxygens (including phenoxy) is 23. The Morgan fingerprint density at radius 3 is 1.39 bits per heavy atom. The van der Waals surface area contributed by atoms with Crippen LogP contribution in [0.4, 0.5) is 0 Å². The topological polar surface area (TPSA) is 369 Å². The molecule has 19 aliphatic heterocycles. The molecule has 19 heterocycles. The average Bonchev–Trinajstić information content (AvgIpc) is 1.52. The van der Waals surface area contributed by atoms with Crippen molar-refractivity contribution in [2.45, 2.75) is 215 Å². The molecule has 0 radical (unpaired) electrons. The minimum Gasteiger partial charge on any atom is -0.874 e. The summed E-state index contributed by atoms with van der Waals surface area (Å²) in [5.41, 5.74) is 15.0. The van der Waals surface area contributed by atoms with Crippen LogP contribution in [-0.2, 0) is 90.3 Å². The van der Waals surface area contributed by atoms with E-state index in [0.717, 1.165) is 161 Å². The van der Waals surface area contributed by atoms with Gasteiger partial charge in [-0.2, -0.15) is 0 Å². The summed E-state index contributed by atoms with van der Waals surface area (Å²) in [4.78, 5) is 81.2. The molecule has 26 aliphatic rings. The van der Waals surface area contributed by atoms with Crippen LogP contribution >= 0.6 is 0 Å². The van der Waals surface area contributed by atoms with Crippen molar-refractivity contribution in [3.63, 3.8) is 0 Å². The van der Waals surface area contributed by atoms with Crippen LogP contribution in [0.5, 0.6) is 51.7 Å². The van der Waals surface area contributed by atoms with E-state index in [1.807, 2.05) is 172 Å². The number of ketones is 5. The molecule has 31 rings (SSSR count). The maximum absolute atomic E-state index is 13.0. The van der Waals surface area contributed by atoms with Crippen LogP contribution < -0.4 is 58.4 Å². The number of carbonyl (C=O) groups is 5. The SMILES string of the molecule is CC1(C)O[C@@H]2C(=O)C3=C([C@@H]2O1)N1CC1c1cc2c(cc13)OCO2.CC1(C)O[C@@H]2C(=O)C3=C([C@@H]2O1)N1CC1c1cc2c(cc13)OCO2.CC1(C)O[C@@H]2C(=O)C3C(=NCC=C4C=C5OCOC5=CC43)[C@@H]2O1.CC1(C)O[C@@H]2C(=O)C=C(N3C[C@@H]3c3ccc4c(c3)OCO4)[C@@H]2O1.CC1(C)O[C@@H]2C(=O)C=C(N3C[C@H]3c3ccc4c(c3)OCO4)[C@@H]2O1.CC1(C)O[C@@H]2C([O-])=CC(=NC/C=c3\ccc4c(c3)OC[O+]=4)[C@@H]2O1. The highest BCUT2D eigenvalue weighted by molar-refractivity contribution is 6.29.